The smallest absolute Gasteiger partial charge is 0.297 e. The van der Waals surface area contributed by atoms with Crippen molar-refractivity contribution in [3.8, 4) is 0 Å². The Balaban J connectivity index is 2.10. The fourth-order valence-electron chi connectivity index (χ4n) is 1.58. The summed E-state index contributed by atoms with van der Waals surface area (Å²) >= 11 is 0. The topological polar surface area (TPSA) is 93.1 Å². The Morgan fingerprint density at radius 1 is 1.28 bits per heavy atom. The normalized spacial score (nSPS) is 25.6. The molecule has 0 radical (unpaired) electrons. The van der Waals surface area contributed by atoms with Crippen molar-refractivity contribution < 1.29 is 25.9 Å². The molecule has 6 nitrogen and oxygen atoms in total. The standard InChI is InChI=1S/C10H14O6S2/c11-17(12)8-9(6-7-15-17)16-18(13,14)10-4-2-1-3-5-10/h1-5,9,11-12H,6-8H2. The molecule has 102 valence electrons. The molecule has 0 bridgehead atoms. The Kier molecular flexibility index (Phi) is 3.95. The van der Waals surface area contributed by atoms with E-state index in [2.05, 4.69) is 0 Å². The predicted molar refractivity (Wildman–Crippen MR) is 66.8 cm³/mol. The monoisotopic (exact) mass is 294 g/mol. The third kappa shape index (κ3) is 3.44. The highest BCUT2D eigenvalue weighted by Crippen LogP contribution is 2.44. The van der Waals surface area contributed by atoms with E-state index in [0.717, 1.165) is 0 Å². The molecule has 1 unspecified atom stereocenters. The van der Waals surface area contributed by atoms with Crippen LogP contribution in [0.1, 0.15) is 6.42 Å². The van der Waals surface area contributed by atoms with Crippen LogP contribution in [-0.2, 0) is 18.5 Å². The molecule has 18 heavy (non-hydrogen) atoms. The Labute approximate surface area is 107 Å². The highest BCUT2D eigenvalue weighted by atomic mass is 32.3. The molecule has 0 aromatic heterocycles. The molecule has 1 heterocycles. The minimum Gasteiger partial charge on any atom is -0.308 e. The Bertz CT molecular complexity index is 498. The largest absolute Gasteiger partial charge is 0.308 e. The molecule has 1 atom stereocenters. The van der Waals surface area contributed by atoms with Gasteiger partial charge < -0.3 is 9.11 Å². The molecule has 2 rings (SSSR count). The summed E-state index contributed by atoms with van der Waals surface area (Å²) in [5.41, 5.74) is 0. The van der Waals surface area contributed by atoms with Gasteiger partial charge in [0.15, 0.2) is 0 Å². The average Bonchev–Trinajstić information content (AvgIpc) is 2.28. The molecule has 0 saturated carbocycles. The van der Waals surface area contributed by atoms with Gasteiger partial charge in [-0.25, -0.2) is 0 Å². The van der Waals surface area contributed by atoms with Gasteiger partial charge in [0, 0.05) is 6.42 Å². The van der Waals surface area contributed by atoms with Gasteiger partial charge >= 0.3 is 0 Å². The average molecular weight is 294 g/mol. The summed E-state index contributed by atoms with van der Waals surface area (Å²) in [5.74, 6) is -0.223. The summed E-state index contributed by atoms with van der Waals surface area (Å²) in [5, 5.41) is 0. The van der Waals surface area contributed by atoms with Gasteiger partial charge in [-0.2, -0.15) is 8.42 Å². The van der Waals surface area contributed by atoms with E-state index in [1.54, 1.807) is 18.2 Å². The number of benzene rings is 1. The molecule has 2 N–H and O–H groups in total. The van der Waals surface area contributed by atoms with Gasteiger partial charge in [-0.3, -0.25) is 8.37 Å². The van der Waals surface area contributed by atoms with Gasteiger partial charge in [-0.15, -0.1) is 0 Å². The predicted octanol–water partition coefficient (Wildman–Crippen LogP) is 1.85. The van der Waals surface area contributed by atoms with Gasteiger partial charge in [0.25, 0.3) is 10.1 Å². The van der Waals surface area contributed by atoms with Gasteiger partial charge in [-0.1, -0.05) is 18.2 Å². The summed E-state index contributed by atoms with van der Waals surface area (Å²) in [6.45, 7) is 0.0668. The van der Waals surface area contributed by atoms with Crippen LogP contribution in [0.25, 0.3) is 0 Å². The highest BCUT2D eigenvalue weighted by molar-refractivity contribution is 8.20. The summed E-state index contributed by atoms with van der Waals surface area (Å²) in [6.07, 6.45) is -0.462. The fraction of sp³-hybridized carbons (Fsp3) is 0.400. The molecule has 8 heteroatoms. The third-order valence-electron chi connectivity index (χ3n) is 2.41. The van der Waals surface area contributed by atoms with Crippen molar-refractivity contribution in [1.29, 1.82) is 0 Å². The summed E-state index contributed by atoms with van der Waals surface area (Å²) in [7, 11) is -7.05. The van der Waals surface area contributed by atoms with E-state index in [0.29, 0.717) is 6.42 Å². The maximum atomic E-state index is 11.9. The van der Waals surface area contributed by atoms with Crippen molar-refractivity contribution in [1.82, 2.24) is 0 Å². The lowest BCUT2D eigenvalue weighted by Gasteiger charge is -2.34. The lowest BCUT2D eigenvalue weighted by atomic mass is 10.3. The first-order valence-electron chi connectivity index (χ1n) is 5.28. The Morgan fingerprint density at radius 2 is 1.94 bits per heavy atom. The van der Waals surface area contributed by atoms with E-state index >= 15 is 0 Å². The lowest BCUT2D eigenvalue weighted by molar-refractivity contribution is 0.143. The second kappa shape index (κ2) is 5.16. The van der Waals surface area contributed by atoms with Crippen LogP contribution >= 0.6 is 10.9 Å². The molecule has 1 saturated heterocycles. The molecule has 1 aliphatic heterocycles. The molecule has 0 aliphatic carbocycles. The van der Waals surface area contributed by atoms with E-state index in [4.69, 9.17) is 8.37 Å². The number of hydrogen-bond donors (Lipinski definition) is 2. The molecule has 1 aliphatic rings. The van der Waals surface area contributed by atoms with Gasteiger partial charge in [0.2, 0.25) is 0 Å². The molecule has 1 aromatic rings. The van der Waals surface area contributed by atoms with Crippen molar-refractivity contribution in [3.05, 3.63) is 30.3 Å². The van der Waals surface area contributed by atoms with Crippen molar-refractivity contribution in [3.63, 3.8) is 0 Å². The van der Waals surface area contributed by atoms with Crippen molar-refractivity contribution >= 4 is 21.0 Å². The van der Waals surface area contributed by atoms with E-state index in [9.17, 15) is 17.5 Å². The van der Waals surface area contributed by atoms with Crippen LogP contribution in [0, 0.1) is 0 Å². The first kappa shape index (κ1) is 13.8. The zero-order chi connectivity index (χ0) is 13.2. The van der Waals surface area contributed by atoms with Crippen LogP contribution in [0.2, 0.25) is 0 Å². The van der Waals surface area contributed by atoms with Crippen molar-refractivity contribution in [2.45, 2.75) is 17.4 Å². The van der Waals surface area contributed by atoms with Crippen molar-refractivity contribution in [2.75, 3.05) is 12.4 Å². The zero-order valence-electron chi connectivity index (χ0n) is 9.43. The summed E-state index contributed by atoms with van der Waals surface area (Å²) in [4.78, 5) is 0.0490. The van der Waals surface area contributed by atoms with Crippen LogP contribution in [0.5, 0.6) is 0 Å². The number of rotatable bonds is 3. The van der Waals surface area contributed by atoms with Crippen LogP contribution in [-0.4, -0.2) is 36.0 Å². The second-order valence-corrected chi connectivity index (χ2v) is 7.22. The molecular formula is C10H14O6S2. The van der Waals surface area contributed by atoms with E-state index in [-0.39, 0.29) is 17.3 Å². The number of hydrogen-bond acceptors (Lipinski definition) is 6. The van der Waals surface area contributed by atoms with Gasteiger partial charge in [-0.05, 0) is 12.1 Å². The summed E-state index contributed by atoms with van der Waals surface area (Å²) in [6, 6.07) is 7.73. The lowest BCUT2D eigenvalue weighted by Crippen LogP contribution is -2.32. The maximum Gasteiger partial charge on any atom is 0.297 e. The van der Waals surface area contributed by atoms with Crippen LogP contribution < -0.4 is 0 Å². The minimum atomic E-state index is -3.87. The van der Waals surface area contributed by atoms with Gasteiger partial charge in [0.05, 0.1) is 34.2 Å². The minimum absolute atomic E-state index is 0.0490. The molecule has 1 aromatic carbocycles. The Morgan fingerprint density at radius 3 is 2.56 bits per heavy atom. The zero-order valence-corrected chi connectivity index (χ0v) is 11.1. The van der Waals surface area contributed by atoms with E-state index < -0.39 is 27.1 Å². The second-order valence-electron chi connectivity index (χ2n) is 3.87. The van der Waals surface area contributed by atoms with Crippen LogP contribution in [0.15, 0.2) is 35.2 Å². The third-order valence-corrected chi connectivity index (χ3v) is 5.13. The molecule has 1 fully saturated rings. The van der Waals surface area contributed by atoms with E-state index in [1.165, 1.54) is 12.1 Å². The SMILES string of the molecule is O=S(=O)(OC1CCOS(O)(O)C1)c1ccccc1. The first-order valence-corrected chi connectivity index (χ1v) is 8.33. The maximum absolute atomic E-state index is 11.9. The molecule has 0 spiro atoms. The van der Waals surface area contributed by atoms with Crippen LogP contribution in [0.3, 0.4) is 0 Å². The quantitative estimate of drug-likeness (QED) is 0.826. The van der Waals surface area contributed by atoms with E-state index in [1.807, 2.05) is 0 Å². The highest BCUT2D eigenvalue weighted by Gasteiger charge is 2.33. The summed E-state index contributed by atoms with van der Waals surface area (Å²) < 4.78 is 52.2. The first-order chi connectivity index (χ1) is 8.39. The molecule has 0 amide bonds. The van der Waals surface area contributed by atoms with Gasteiger partial charge in [0.1, 0.15) is 0 Å². The van der Waals surface area contributed by atoms with Crippen LogP contribution in [0.4, 0.5) is 0 Å². The fourth-order valence-corrected chi connectivity index (χ4v) is 3.97. The van der Waals surface area contributed by atoms with Crippen molar-refractivity contribution in [2.24, 2.45) is 0 Å². The Hall–Kier alpha value is -0.640. The molecular weight excluding hydrogens is 280 g/mol.